The zero-order valence-electron chi connectivity index (χ0n) is 9.76. The topological polar surface area (TPSA) is 29.3 Å². The minimum Gasteiger partial charge on any atom is -0.369 e. The minimum atomic E-state index is -0.824. The molecule has 0 unspecified atom stereocenters. The summed E-state index contributed by atoms with van der Waals surface area (Å²) in [5, 5.41) is 0. The van der Waals surface area contributed by atoms with Crippen molar-refractivity contribution in [3.8, 4) is 0 Å². The molecule has 0 bridgehead atoms. The molecule has 0 radical (unpaired) electrons. The largest absolute Gasteiger partial charge is 0.369 e. The summed E-state index contributed by atoms with van der Waals surface area (Å²) in [6.45, 7) is 5.32. The van der Waals surface area contributed by atoms with Gasteiger partial charge in [-0.05, 0) is 19.4 Å². The summed E-state index contributed by atoms with van der Waals surface area (Å²) in [4.78, 5) is 1.82. The minimum absolute atomic E-state index is 0.0168. The number of anilines is 1. The van der Waals surface area contributed by atoms with Crippen LogP contribution in [0.4, 0.5) is 14.5 Å². The van der Waals surface area contributed by atoms with Gasteiger partial charge in [0.2, 0.25) is 0 Å². The molecule has 0 heterocycles. The molecule has 90 valence electrons. The first-order valence-electron chi connectivity index (χ1n) is 5.57. The lowest BCUT2D eigenvalue weighted by Crippen LogP contribution is -2.25. The van der Waals surface area contributed by atoms with Crippen LogP contribution in [0, 0.1) is 11.6 Å². The lowest BCUT2D eigenvalue weighted by atomic mass is 10.1. The van der Waals surface area contributed by atoms with Gasteiger partial charge in [0.05, 0.1) is 5.69 Å². The van der Waals surface area contributed by atoms with Crippen molar-refractivity contribution in [1.82, 2.24) is 0 Å². The number of nitrogens with zero attached hydrogens (tertiary/aromatic N) is 1. The quantitative estimate of drug-likeness (QED) is 0.839. The van der Waals surface area contributed by atoms with Crippen LogP contribution in [-0.4, -0.2) is 13.1 Å². The molecule has 0 aromatic heterocycles. The van der Waals surface area contributed by atoms with Crippen molar-refractivity contribution in [2.75, 3.05) is 18.0 Å². The first kappa shape index (κ1) is 12.9. The molecule has 0 amide bonds. The zero-order valence-corrected chi connectivity index (χ0v) is 9.76. The standard InChI is InChI=1S/C12H18F2N2/c1-3-7-16(4-2)10-6-5-9(8-15)11(13)12(10)14/h5-6H,3-4,7-8,15H2,1-2H3. The Bertz CT molecular complexity index is 353. The normalized spacial score (nSPS) is 10.6. The third-order valence-electron chi connectivity index (χ3n) is 2.58. The number of hydrogen-bond acceptors (Lipinski definition) is 2. The van der Waals surface area contributed by atoms with E-state index in [4.69, 9.17) is 5.73 Å². The molecule has 0 aliphatic heterocycles. The maximum Gasteiger partial charge on any atom is 0.182 e. The molecule has 16 heavy (non-hydrogen) atoms. The zero-order chi connectivity index (χ0) is 12.1. The molecule has 1 aromatic carbocycles. The van der Waals surface area contributed by atoms with Gasteiger partial charge in [-0.2, -0.15) is 0 Å². The van der Waals surface area contributed by atoms with Crippen molar-refractivity contribution in [3.05, 3.63) is 29.3 Å². The van der Waals surface area contributed by atoms with E-state index in [1.165, 1.54) is 0 Å². The predicted molar refractivity (Wildman–Crippen MR) is 62.4 cm³/mol. The highest BCUT2D eigenvalue weighted by atomic mass is 19.2. The van der Waals surface area contributed by atoms with Crippen LogP contribution in [0.3, 0.4) is 0 Å². The average molecular weight is 228 g/mol. The van der Waals surface area contributed by atoms with Crippen LogP contribution >= 0.6 is 0 Å². The van der Waals surface area contributed by atoms with Gasteiger partial charge in [0, 0.05) is 25.2 Å². The Labute approximate surface area is 95.1 Å². The number of hydrogen-bond donors (Lipinski definition) is 1. The van der Waals surface area contributed by atoms with Crippen LogP contribution in [0.5, 0.6) is 0 Å². The molecule has 1 aromatic rings. The van der Waals surface area contributed by atoms with E-state index in [-0.39, 0.29) is 12.1 Å². The summed E-state index contributed by atoms with van der Waals surface area (Å²) in [5.41, 5.74) is 5.85. The van der Waals surface area contributed by atoms with Crippen molar-refractivity contribution in [3.63, 3.8) is 0 Å². The van der Waals surface area contributed by atoms with Crippen molar-refractivity contribution in [2.45, 2.75) is 26.8 Å². The second-order valence-electron chi connectivity index (χ2n) is 3.66. The summed E-state index contributed by atoms with van der Waals surface area (Å²) in [6.07, 6.45) is 0.896. The predicted octanol–water partition coefficient (Wildman–Crippen LogP) is 2.66. The molecule has 0 fully saturated rings. The summed E-state index contributed by atoms with van der Waals surface area (Å²) in [6, 6.07) is 3.14. The molecule has 4 heteroatoms. The van der Waals surface area contributed by atoms with Crippen LogP contribution in [0.25, 0.3) is 0 Å². The van der Waals surface area contributed by atoms with E-state index in [1.807, 2.05) is 18.7 Å². The van der Waals surface area contributed by atoms with Gasteiger partial charge in [0.25, 0.3) is 0 Å². The van der Waals surface area contributed by atoms with Crippen molar-refractivity contribution in [2.24, 2.45) is 5.73 Å². The fraction of sp³-hybridized carbons (Fsp3) is 0.500. The molecule has 2 nitrogen and oxygen atoms in total. The molecule has 0 spiro atoms. The van der Waals surface area contributed by atoms with Crippen LogP contribution in [0.1, 0.15) is 25.8 Å². The monoisotopic (exact) mass is 228 g/mol. The van der Waals surface area contributed by atoms with Crippen LogP contribution in [-0.2, 0) is 6.54 Å². The summed E-state index contributed by atoms with van der Waals surface area (Å²) >= 11 is 0. The van der Waals surface area contributed by atoms with Gasteiger partial charge in [-0.3, -0.25) is 0 Å². The maximum atomic E-state index is 13.7. The fourth-order valence-corrected chi connectivity index (χ4v) is 1.70. The smallest absolute Gasteiger partial charge is 0.182 e. The highest BCUT2D eigenvalue weighted by Crippen LogP contribution is 2.24. The Morgan fingerprint density at radius 3 is 2.38 bits per heavy atom. The maximum absolute atomic E-state index is 13.7. The Balaban J connectivity index is 3.09. The highest BCUT2D eigenvalue weighted by Gasteiger charge is 2.15. The molecule has 0 aliphatic rings. The van der Waals surface area contributed by atoms with Gasteiger partial charge in [-0.1, -0.05) is 13.0 Å². The van der Waals surface area contributed by atoms with E-state index in [0.717, 1.165) is 13.0 Å². The lowest BCUT2D eigenvalue weighted by molar-refractivity contribution is 0.497. The molecular formula is C12H18F2N2. The number of benzene rings is 1. The van der Waals surface area contributed by atoms with E-state index < -0.39 is 11.6 Å². The lowest BCUT2D eigenvalue weighted by Gasteiger charge is -2.23. The van der Waals surface area contributed by atoms with Gasteiger partial charge < -0.3 is 10.6 Å². The van der Waals surface area contributed by atoms with Crippen molar-refractivity contribution >= 4 is 5.69 Å². The molecule has 1 rings (SSSR count). The van der Waals surface area contributed by atoms with Crippen LogP contribution < -0.4 is 10.6 Å². The third kappa shape index (κ3) is 2.50. The van der Waals surface area contributed by atoms with E-state index in [9.17, 15) is 8.78 Å². The molecule has 2 N–H and O–H groups in total. The average Bonchev–Trinajstić information content (AvgIpc) is 2.30. The number of nitrogens with two attached hydrogens (primary N) is 1. The van der Waals surface area contributed by atoms with Crippen LogP contribution in [0.15, 0.2) is 12.1 Å². The van der Waals surface area contributed by atoms with E-state index in [1.54, 1.807) is 12.1 Å². The summed E-state index contributed by atoms with van der Waals surface area (Å²) < 4.78 is 27.3. The van der Waals surface area contributed by atoms with Crippen molar-refractivity contribution < 1.29 is 8.78 Å². The third-order valence-corrected chi connectivity index (χ3v) is 2.58. The molecule has 0 saturated heterocycles. The summed E-state index contributed by atoms with van der Waals surface area (Å²) in [5.74, 6) is -1.62. The first-order valence-corrected chi connectivity index (χ1v) is 5.57. The van der Waals surface area contributed by atoms with E-state index >= 15 is 0 Å². The first-order chi connectivity index (χ1) is 7.65. The fourth-order valence-electron chi connectivity index (χ4n) is 1.70. The molecule has 0 atom stereocenters. The van der Waals surface area contributed by atoms with Gasteiger partial charge in [-0.25, -0.2) is 8.78 Å². The Kier molecular flexibility index (Phi) is 4.68. The molecule has 0 saturated carbocycles. The molecule has 0 aliphatic carbocycles. The van der Waals surface area contributed by atoms with E-state index in [0.29, 0.717) is 12.2 Å². The number of halogens is 2. The second-order valence-corrected chi connectivity index (χ2v) is 3.66. The SMILES string of the molecule is CCCN(CC)c1ccc(CN)c(F)c1F. The van der Waals surface area contributed by atoms with Gasteiger partial charge >= 0.3 is 0 Å². The van der Waals surface area contributed by atoms with E-state index in [2.05, 4.69) is 0 Å². The Morgan fingerprint density at radius 2 is 1.88 bits per heavy atom. The number of rotatable bonds is 5. The molecular weight excluding hydrogens is 210 g/mol. The summed E-state index contributed by atoms with van der Waals surface area (Å²) in [7, 11) is 0. The second kappa shape index (κ2) is 5.80. The Hall–Kier alpha value is -1.16. The van der Waals surface area contributed by atoms with Crippen molar-refractivity contribution in [1.29, 1.82) is 0 Å². The van der Waals surface area contributed by atoms with Crippen LogP contribution in [0.2, 0.25) is 0 Å². The van der Waals surface area contributed by atoms with Gasteiger partial charge in [0.1, 0.15) is 0 Å². The van der Waals surface area contributed by atoms with Gasteiger partial charge in [0.15, 0.2) is 11.6 Å². The highest BCUT2D eigenvalue weighted by molar-refractivity contribution is 5.49. The Morgan fingerprint density at radius 1 is 1.19 bits per heavy atom. The van der Waals surface area contributed by atoms with Gasteiger partial charge in [-0.15, -0.1) is 0 Å².